The zero-order valence-electron chi connectivity index (χ0n) is 5.95. The fourth-order valence-electron chi connectivity index (χ4n) is 0.544. The molecule has 11 heavy (non-hydrogen) atoms. The van der Waals surface area contributed by atoms with Gasteiger partial charge in [0.15, 0.2) is 0 Å². The van der Waals surface area contributed by atoms with Crippen LogP contribution in [0.25, 0.3) is 0 Å². The number of Topliss-reactive ketones (excluding diaryl/α,β-unsaturated/α-hetero) is 1. The van der Waals surface area contributed by atoms with E-state index in [1.54, 1.807) is 6.08 Å². The van der Waals surface area contributed by atoms with Crippen molar-refractivity contribution >= 4 is 45.0 Å². The van der Waals surface area contributed by atoms with Gasteiger partial charge >= 0.3 is 6.00 Å². The third-order valence-corrected chi connectivity index (χ3v) is 3.58. The highest BCUT2D eigenvalue weighted by Gasteiger charge is 2.25. The SMILES string of the molecule is C=CCC(=O)CC[Si](Cl)(Cl)Cl. The molecule has 1 nitrogen and oxygen atoms in total. The van der Waals surface area contributed by atoms with Gasteiger partial charge in [-0.1, -0.05) is 6.08 Å². The summed E-state index contributed by atoms with van der Waals surface area (Å²) >= 11 is 16.7. The largest absolute Gasteiger partial charge is 0.341 e. The molecule has 0 aliphatic carbocycles. The van der Waals surface area contributed by atoms with Crippen molar-refractivity contribution in [1.29, 1.82) is 0 Å². The van der Waals surface area contributed by atoms with Gasteiger partial charge in [-0.15, -0.1) is 39.8 Å². The fraction of sp³-hybridized carbons (Fsp3) is 0.500. The quantitative estimate of drug-likeness (QED) is 0.403. The van der Waals surface area contributed by atoms with Gasteiger partial charge in [0.25, 0.3) is 0 Å². The lowest BCUT2D eigenvalue weighted by molar-refractivity contribution is -0.117. The summed E-state index contributed by atoms with van der Waals surface area (Å²) in [5.41, 5.74) is 0. The molecule has 0 saturated carbocycles. The minimum absolute atomic E-state index is 0.0822. The zero-order valence-corrected chi connectivity index (χ0v) is 9.22. The van der Waals surface area contributed by atoms with Gasteiger partial charge in [-0.05, 0) is 6.04 Å². The second-order valence-electron chi connectivity index (χ2n) is 2.15. The van der Waals surface area contributed by atoms with Gasteiger partial charge in [-0.3, -0.25) is 4.79 Å². The molecule has 0 aromatic carbocycles. The van der Waals surface area contributed by atoms with Crippen molar-refractivity contribution in [2.24, 2.45) is 0 Å². The number of carbonyl (C=O) groups excluding carboxylic acids is 1. The van der Waals surface area contributed by atoms with Gasteiger partial charge in [0, 0.05) is 12.8 Å². The van der Waals surface area contributed by atoms with Crippen molar-refractivity contribution in [2.45, 2.75) is 18.9 Å². The number of rotatable bonds is 5. The summed E-state index contributed by atoms with van der Waals surface area (Å²) in [5.74, 6) is 0.0822. The highest BCUT2D eigenvalue weighted by Crippen LogP contribution is 2.26. The summed E-state index contributed by atoms with van der Waals surface area (Å²) in [6.45, 7) is 3.44. The molecule has 0 N–H and O–H groups in total. The van der Waals surface area contributed by atoms with Gasteiger partial charge < -0.3 is 0 Å². The summed E-state index contributed by atoms with van der Waals surface area (Å²) in [5, 5.41) is 0. The molecule has 0 aliphatic heterocycles. The van der Waals surface area contributed by atoms with Crippen molar-refractivity contribution in [1.82, 2.24) is 0 Å². The maximum absolute atomic E-state index is 10.9. The lowest BCUT2D eigenvalue weighted by Gasteiger charge is -2.04. The second kappa shape index (κ2) is 5.20. The first kappa shape index (κ1) is 11.5. The first-order valence-electron chi connectivity index (χ1n) is 3.15. The minimum Gasteiger partial charge on any atom is -0.299 e. The van der Waals surface area contributed by atoms with Gasteiger partial charge in [0.2, 0.25) is 0 Å². The molecule has 0 unspecified atom stereocenters. The Morgan fingerprint density at radius 2 is 2.00 bits per heavy atom. The van der Waals surface area contributed by atoms with Crippen molar-refractivity contribution in [3.63, 3.8) is 0 Å². The van der Waals surface area contributed by atoms with Crippen LogP contribution in [0.3, 0.4) is 0 Å². The van der Waals surface area contributed by atoms with Gasteiger partial charge in [0.1, 0.15) is 5.78 Å². The lowest BCUT2D eigenvalue weighted by Crippen LogP contribution is -2.11. The van der Waals surface area contributed by atoms with E-state index in [1.807, 2.05) is 0 Å². The van der Waals surface area contributed by atoms with Crippen LogP contribution in [0.2, 0.25) is 6.04 Å². The average molecular weight is 232 g/mol. The van der Waals surface area contributed by atoms with E-state index < -0.39 is 6.00 Å². The molecule has 0 fully saturated rings. The number of allylic oxidation sites excluding steroid dienone is 1. The van der Waals surface area contributed by atoms with Crippen LogP contribution in [-0.4, -0.2) is 11.8 Å². The van der Waals surface area contributed by atoms with Crippen LogP contribution in [0.15, 0.2) is 12.7 Å². The summed E-state index contributed by atoms with van der Waals surface area (Å²) < 4.78 is 0. The van der Waals surface area contributed by atoms with Gasteiger partial charge in [-0.25, -0.2) is 0 Å². The second-order valence-corrected chi connectivity index (χ2v) is 11.4. The number of halogens is 3. The zero-order chi connectivity index (χ0) is 8.91. The highest BCUT2D eigenvalue weighted by atomic mass is 35.8. The molecule has 0 rings (SSSR count). The topological polar surface area (TPSA) is 17.1 Å². The van der Waals surface area contributed by atoms with E-state index in [1.165, 1.54) is 0 Å². The maximum atomic E-state index is 10.9. The predicted octanol–water partition coefficient (Wildman–Crippen LogP) is 3.18. The monoisotopic (exact) mass is 230 g/mol. The van der Waals surface area contributed by atoms with E-state index in [9.17, 15) is 4.79 Å². The Labute approximate surface area is 81.4 Å². The summed E-state index contributed by atoms with van der Waals surface area (Å²) in [7, 11) is 0. The number of ketones is 1. The molecule has 0 aliphatic rings. The molecule has 5 heteroatoms. The summed E-state index contributed by atoms with van der Waals surface area (Å²) in [4.78, 5) is 10.9. The molecule has 0 heterocycles. The Morgan fingerprint density at radius 3 is 2.36 bits per heavy atom. The normalized spacial score (nSPS) is 11.2. The van der Waals surface area contributed by atoms with E-state index >= 15 is 0 Å². The van der Waals surface area contributed by atoms with Crippen LogP contribution in [0.4, 0.5) is 0 Å². The predicted molar refractivity (Wildman–Crippen MR) is 52.6 cm³/mol. The van der Waals surface area contributed by atoms with Crippen LogP contribution in [0, 0.1) is 0 Å². The van der Waals surface area contributed by atoms with Gasteiger partial charge in [0.05, 0.1) is 0 Å². The molecule has 0 spiro atoms. The number of carbonyl (C=O) groups is 1. The molecule has 0 bridgehead atoms. The molecule has 0 aromatic heterocycles. The Kier molecular flexibility index (Phi) is 5.43. The smallest absolute Gasteiger partial charge is 0.299 e. The maximum Gasteiger partial charge on any atom is 0.341 e. The van der Waals surface area contributed by atoms with E-state index in [4.69, 9.17) is 33.2 Å². The average Bonchev–Trinajstić information content (AvgIpc) is 1.83. The molecule has 0 radical (unpaired) electrons. The van der Waals surface area contributed by atoms with Crippen LogP contribution in [0.1, 0.15) is 12.8 Å². The lowest BCUT2D eigenvalue weighted by atomic mass is 10.2. The summed E-state index contributed by atoms with van der Waals surface area (Å²) in [6.07, 6.45) is 2.28. The Balaban J connectivity index is 3.54. The van der Waals surface area contributed by atoms with Crippen molar-refractivity contribution in [2.75, 3.05) is 0 Å². The van der Waals surface area contributed by atoms with Gasteiger partial charge in [-0.2, -0.15) is 0 Å². The Morgan fingerprint density at radius 1 is 1.45 bits per heavy atom. The Hall–Kier alpha value is 0.497. The van der Waals surface area contributed by atoms with Crippen LogP contribution < -0.4 is 0 Å². The van der Waals surface area contributed by atoms with E-state index in [0.717, 1.165) is 0 Å². The molecule has 0 aromatic rings. The van der Waals surface area contributed by atoms with Crippen molar-refractivity contribution in [3.05, 3.63) is 12.7 Å². The molecule has 0 amide bonds. The third-order valence-electron chi connectivity index (χ3n) is 1.06. The molecule has 0 atom stereocenters. The van der Waals surface area contributed by atoms with E-state index in [2.05, 4.69) is 6.58 Å². The first-order valence-corrected chi connectivity index (χ1v) is 8.39. The fourth-order valence-corrected chi connectivity index (χ4v) is 1.96. The van der Waals surface area contributed by atoms with E-state index in [0.29, 0.717) is 18.9 Å². The standard InChI is InChI=1S/C6H9Cl3OSi/c1-2-3-6(10)4-5-11(7,8)9/h2H,1,3-5H2. The van der Waals surface area contributed by atoms with Crippen LogP contribution >= 0.6 is 33.2 Å². The van der Waals surface area contributed by atoms with Crippen molar-refractivity contribution in [3.8, 4) is 0 Å². The number of hydrogen-bond acceptors (Lipinski definition) is 1. The molecule has 64 valence electrons. The number of hydrogen-bond donors (Lipinski definition) is 0. The Bertz CT molecular complexity index is 152. The van der Waals surface area contributed by atoms with Crippen molar-refractivity contribution < 1.29 is 4.79 Å². The van der Waals surface area contributed by atoms with Crippen LogP contribution in [0.5, 0.6) is 0 Å². The first-order chi connectivity index (χ1) is 4.95. The third kappa shape index (κ3) is 8.40. The molecular weight excluding hydrogens is 223 g/mol. The molecular formula is C6H9Cl3OSi. The highest BCUT2D eigenvalue weighted by molar-refractivity contribution is 7.64. The molecule has 0 saturated heterocycles. The minimum atomic E-state index is -2.59. The van der Waals surface area contributed by atoms with Crippen LogP contribution in [-0.2, 0) is 4.79 Å². The van der Waals surface area contributed by atoms with E-state index in [-0.39, 0.29) is 5.78 Å². The summed E-state index contributed by atoms with van der Waals surface area (Å²) in [6, 6.07) is -2.18.